The molecule has 4 rings (SSSR count). The summed E-state index contributed by atoms with van der Waals surface area (Å²) in [6.07, 6.45) is 6.02. The van der Waals surface area contributed by atoms with E-state index in [9.17, 15) is 8.42 Å². The van der Waals surface area contributed by atoms with Gasteiger partial charge in [-0.1, -0.05) is 12.1 Å². The van der Waals surface area contributed by atoms with Crippen LogP contribution in [0.5, 0.6) is 0 Å². The van der Waals surface area contributed by atoms with Crippen LogP contribution in [0.15, 0.2) is 29.2 Å². The second kappa shape index (κ2) is 7.80. The van der Waals surface area contributed by atoms with Gasteiger partial charge in [0.2, 0.25) is 0 Å². The minimum absolute atomic E-state index is 0.0405. The second-order valence-corrected chi connectivity index (χ2v) is 11.0. The van der Waals surface area contributed by atoms with E-state index in [1.54, 1.807) is 12.1 Å². The Hall–Kier alpha value is -0.600. The number of hydrogen-bond acceptors (Lipinski definition) is 6. The summed E-state index contributed by atoms with van der Waals surface area (Å²) < 4.78 is 35.6. The second-order valence-electron chi connectivity index (χ2n) is 7.56. The molecule has 3 fully saturated rings. The molecule has 7 heteroatoms. The molecule has 3 heterocycles. The maximum Gasteiger partial charge on any atom is 0.175 e. The third-order valence-electron chi connectivity index (χ3n) is 5.65. The highest BCUT2D eigenvalue weighted by molar-refractivity contribution is 8.00. The Balaban J connectivity index is 1.47. The molecule has 0 aromatic heterocycles. The maximum atomic E-state index is 11.7. The maximum absolute atomic E-state index is 11.7. The number of piperidine rings is 1. The topological polar surface area (TPSA) is 64.6 Å². The van der Waals surface area contributed by atoms with Gasteiger partial charge in [-0.2, -0.15) is 11.8 Å². The van der Waals surface area contributed by atoms with E-state index in [0.717, 1.165) is 31.6 Å². The zero-order valence-electron chi connectivity index (χ0n) is 15.1. The summed E-state index contributed by atoms with van der Waals surface area (Å²) in [7, 11) is -3.18. The molecule has 0 radical (unpaired) electrons. The largest absolute Gasteiger partial charge is 0.376 e. The van der Waals surface area contributed by atoms with Crippen molar-refractivity contribution >= 4 is 21.6 Å². The van der Waals surface area contributed by atoms with Gasteiger partial charge in [0, 0.05) is 18.1 Å². The minimum Gasteiger partial charge on any atom is -0.376 e. The van der Waals surface area contributed by atoms with E-state index in [1.807, 2.05) is 23.9 Å². The van der Waals surface area contributed by atoms with Crippen LogP contribution in [0.2, 0.25) is 0 Å². The molecule has 3 aliphatic rings. The Bertz CT molecular complexity index is 716. The van der Waals surface area contributed by atoms with Crippen molar-refractivity contribution in [2.75, 3.05) is 25.2 Å². The predicted molar refractivity (Wildman–Crippen MR) is 103 cm³/mol. The summed E-state index contributed by atoms with van der Waals surface area (Å²) in [5.41, 5.74) is 1.07. The lowest BCUT2D eigenvalue weighted by Gasteiger charge is -2.39. The van der Waals surface area contributed by atoms with Gasteiger partial charge in [0.15, 0.2) is 9.84 Å². The molecule has 3 aliphatic heterocycles. The Kier molecular flexibility index (Phi) is 5.62. The third kappa shape index (κ3) is 4.12. The fraction of sp³-hybridized carbons (Fsp3) is 0.684. The van der Waals surface area contributed by atoms with Crippen LogP contribution in [0.25, 0.3) is 0 Å². The predicted octanol–water partition coefficient (Wildman–Crippen LogP) is 2.77. The molecule has 0 amide bonds. The van der Waals surface area contributed by atoms with E-state index < -0.39 is 9.84 Å². The molecule has 5 nitrogen and oxygen atoms in total. The Labute approximate surface area is 160 Å². The van der Waals surface area contributed by atoms with E-state index in [4.69, 9.17) is 9.47 Å². The zero-order valence-corrected chi connectivity index (χ0v) is 16.7. The van der Waals surface area contributed by atoms with Crippen molar-refractivity contribution in [3.8, 4) is 0 Å². The smallest absolute Gasteiger partial charge is 0.175 e. The minimum atomic E-state index is -3.18. The van der Waals surface area contributed by atoms with Gasteiger partial charge in [-0.05, 0) is 55.1 Å². The lowest BCUT2D eigenvalue weighted by molar-refractivity contribution is -0.0574. The van der Waals surface area contributed by atoms with Gasteiger partial charge in [0.1, 0.15) is 6.23 Å². The number of rotatable bonds is 5. The van der Waals surface area contributed by atoms with Crippen LogP contribution < -0.4 is 5.32 Å². The Morgan fingerprint density at radius 2 is 2.08 bits per heavy atom. The zero-order chi connectivity index (χ0) is 18.1. The Morgan fingerprint density at radius 1 is 1.27 bits per heavy atom. The van der Waals surface area contributed by atoms with Crippen LogP contribution in [0.4, 0.5) is 0 Å². The number of ether oxygens (including phenoxy) is 2. The molecular weight excluding hydrogens is 370 g/mol. The average Bonchev–Trinajstić information content (AvgIpc) is 3.30. The summed E-state index contributed by atoms with van der Waals surface area (Å²) in [6, 6.07) is 7.24. The van der Waals surface area contributed by atoms with Crippen LogP contribution in [-0.4, -0.2) is 51.2 Å². The normalized spacial score (nSPS) is 34.7. The number of fused-ring (bicyclic) bond motifs is 1. The van der Waals surface area contributed by atoms with E-state index in [-0.39, 0.29) is 18.4 Å². The van der Waals surface area contributed by atoms with Crippen LogP contribution in [0, 0.1) is 5.92 Å². The first-order valence-electron chi connectivity index (χ1n) is 9.41. The quantitative estimate of drug-likeness (QED) is 0.824. The number of sulfone groups is 1. The van der Waals surface area contributed by atoms with Gasteiger partial charge >= 0.3 is 0 Å². The van der Waals surface area contributed by atoms with Gasteiger partial charge in [-0.3, -0.25) is 5.32 Å². The van der Waals surface area contributed by atoms with Crippen molar-refractivity contribution in [2.45, 2.75) is 54.2 Å². The number of nitrogens with one attached hydrogen (secondary N) is 1. The number of thioether (sulfide) groups is 1. The first kappa shape index (κ1) is 18.7. The summed E-state index contributed by atoms with van der Waals surface area (Å²) in [6.45, 7) is 1.60. The molecule has 1 N–H and O–H groups in total. The monoisotopic (exact) mass is 397 g/mol. The highest BCUT2D eigenvalue weighted by Crippen LogP contribution is 2.39. The standard InChI is InChI=1S/C19H27NO4S2/c1-26(21,22)16-6-4-13(5-7-16)18-19-14(8-9-23-19)11-17(20-18)24-12-15-3-2-10-25-15/h4-7,14-15,17-20H,2-3,8-12H2,1H3. The van der Waals surface area contributed by atoms with E-state index >= 15 is 0 Å². The highest BCUT2D eigenvalue weighted by Gasteiger charge is 2.42. The average molecular weight is 398 g/mol. The molecule has 0 spiro atoms. The number of hydrogen-bond donors (Lipinski definition) is 1. The van der Waals surface area contributed by atoms with Crippen LogP contribution in [0.1, 0.15) is 37.3 Å². The fourth-order valence-electron chi connectivity index (χ4n) is 4.24. The van der Waals surface area contributed by atoms with Gasteiger partial charge in [-0.25, -0.2) is 8.42 Å². The van der Waals surface area contributed by atoms with Crippen molar-refractivity contribution in [3.63, 3.8) is 0 Å². The molecule has 0 aliphatic carbocycles. The molecule has 0 bridgehead atoms. The highest BCUT2D eigenvalue weighted by atomic mass is 32.2. The van der Waals surface area contributed by atoms with Crippen molar-refractivity contribution in [2.24, 2.45) is 5.92 Å². The van der Waals surface area contributed by atoms with Gasteiger partial charge in [-0.15, -0.1) is 0 Å². The summed E-state index contributed by atoms with van der Waals surface area (Å²) in [5, 5.41) is 4.24. The SMILES string of the molecule is CS(=O)(=O)c1ccc(C2NC(OCC3CCCS3)CC3CCOC32)cc1. The van der Waals surface area contributed by atoms with Crippen LogP contribution in [-0.2, 0) is 19.3 Å². The van der Waals surface area contributed by atoms with Crippen LogP contribution >= 0.6 is 11.8 Å². The Morgan fingerprint density at radius 3 is 2.77 bits per heavy atom. The van der Waals surface area contributed by atoms with Gasteiger partial charge in [0.05, 0.1) is 23.6 Å². The molecule has 0 saturated carbocycles. The molecular formula is C19H27NO4S2. The number of benzene rings is 1. The molecule has 144 valence electrons. The third-order valence-corrected chi connectivity index (χ3v) is 8.15. The molecule has 1 aromatic rings. The lowest BCUT2D eigenvalue weighted by Crippen LogP contribution is -2.49. The van der Waals surface area contributed by atoms with E-state index in [0.29, 0.717) is 16.1 Å². The van der Waals surface area contributed by atoms with Crippen molar-refractivity contribution in [3.05, 3.63) is 29.8 Å². The molecule has 3 saturated heterocycles. The van der Waals surface area contributed by atoms with Crippen molar-refractivity contribution in [1.82, 2.24) is 5.32 Å². The van der Waals surface area contributed by atoms with E-state index in [2.05, 4.69) is 5.32 Å². The first-order chi connectivity index (χ1) is 12.5. The molecule has 26 heavy (non-hydrogen) atoms. The van der Waals surface area contributed by atoms with Gasteiger partial charge < -0.3 is 9.47 Å². The molecule has 5 atom stereocenters. The fourth-order valence-corrected chi connectivity index (χ4v) is 6.04. The molecule has 1 aromatic carbocycles. The van der Waals surface area contributed by atoms with Crippen LogP contribution in [0.3, 0.4) is 0 Å². The van der Waals surface area contributed by atoms with Gasteiger partial charge in [0.25, 0.3) is 0 Å². The summed E-state index contributed by atoms with van der Waals surface area (Å²) in [5.74, 6) is 1.75. The summed E-state index contributed by atoms with van der Waals surface area (Å²) in [4.78, 5) is 0.354. The van der Waals surface area contributed by atoms with Crippen molar-refractivity contribution in [1.29, 1.82) is 0 Å². The molecule has 5 unspecified atom stereocenters. The van der Waals surface area contributed by atoms with E-state index in [1.165, 1.54) is 24.9 Å². The van der Waals surface area contributed by atoms with Crippen molar-refractivity contribution < 1.29 is 17.9 Å². The summed E-state index contributed by atoms with van der Waals surface area (Å²) >= 11 is 2.02. The lowest BCUT2D eigenvalue weighted by atomic mass is 9.85. The first-order valence-corrected chi connectivity index (χ1v) is 12.4.